The first-order valence-corrected chi connectivity index (χ1v) is 7.75. The number of carbonyl (C=O) groups is 2. The average molecular weight is 330 g/mol. The molecule has 1 aromatic carbocycles. The number of benzene rings is 1. The van der Waals surface area contributed by atoms with E-state index in [0.29, 0.717) is 23.0 Å². The molecule has 2 amide bonds. The van der Waals surface area contributed by atoms with Gasteiger partial charge >= 0.3 is 0 Å². The summed E-state index contributed by atoms with van der Waals surface area (Å²) in [5, 5.41) is 0. The number of carbonyl (C=O) groups excluding carboxylic acids is 2. The quantitative estimate of drug-likeness (QED) is 0.826. The summed E-state index contributed by atoms with van der Waals surface area (Å²) in [6.07, 6.45) is 1.42. The Labute approximate surface area is 141 Å². The summed E-state index contributed by atoms with van der Waals surface area (Å²) >= 11 is 0. The van der Waals surface area contributed by atoms with E-state index in [9.17, 15) is 9.59 Å². The van der Waals surface area contributed by atoms with E-state index in [-0.39, 0.29) is 6.61 Å². The van der Waals surface area contributed by atoms with Crippen molar-refractivity contribution in [2.45, 2.75) is 33.6 Å². The monoisotopic (exact) mass is 330 g/mol. The van der Waals surface area contributed by atoms with E-state index in [0.717, 1.165) is 5.56 Å². The van der Waals surface area contributed by atoms with Gasteiger partial charge in [0.1, 0.15) is 11.5 Å². The highest BCUT2D eigenvalue weighted by molar-refractivity contribution is 5.96. The number of furan rings is 1. The fourth-order valence-corrected chi connectivity index (χ4v) is 2.39. The second-order valence-corrected chi connectivity index (χ2v) is 5.85. The number of amides is 2. The Kier molecular flexibility index (Phi) is 5.63. The summed E-state index contributed by atoms with van der Waals surface area (Å²) in [4.78, 5) is 23.6. The minimum Gasteiger partial charge on any atom is -0.484 e. The maximum atomic E-state index is 11.8. The van der Waals surface area contributed by atoms with Crippen LogP contribution < -0.4 is 15.6 Å². The summed E-state index contributed by atoms with van der Waals surface area (Å²) < 4.78 is 10.5. The molecule has 0 aliphatic carbocycles. The molecular formula is C18H22N2O4. The Morgan fingerprint density at radius 1 is 1.17 bits per heavy atom. The summed E-state index contributed by atoms with van der Waals surface area (Å²) in [5.41, 5.74) is 7.36. The third-order valence-corrected chi connectivity index (χ3v) is 3.65. The number of ether oxygens (including phenoxy) is 1. The van der Waals surface area contributed by atoms with Gasteiger partial charge in [-0.3, -0.25) is 20.4 Å². The van der Waals surface area contributed by atoms with Gasteiger partial charge in [-0.2, -0.15) is 0 Å². The molecule has 0 bridgehead atoms. The van der Waals surface area contributed by atoms with Crippen LogP contribution in [0.1, 0.15) is 47.0 Å². The van der Waals surface area contributed by atoms with E-state index in [1.165, 1.54) is 17.9 Å². The van der Waals surface area contributed by atoms with Crippen LogP contribution in [0.2, 0.25) is 0 Å². The highest BCUT2D eigenvalue weighted by atomic mass is 16.5. The van der Waals surface area contributed by atoms with Crippen LogP contribution in [-0.4, -0.2) is 18.4 Å². The van der Waals surface area contributed by atoms with Crippen LogP contribution >= 0.6 is 0 Å². The second-order valence-electron chi connectivity index (χ2n) is 5.85. The van der Waals surface area contributed by atoms with Gasteiger partial charge in [-0.25, -0.2) is 0 Å². The molecule has 0 spiro atoms. The third-order valence-electron chi connectivity index (χ3n) is 3.65. The summed E-state index contributed by atoms with van der Waals surface area (Å²) in [6.45, 7) is 7.74. The molecule has 1 aromatic heterocycles. The Bertz CT molecular complexity index is 734. The zero-order valence-electron chi connectivity index (χ0n) is 14.3. The molecule has 2 N–H and O–H groups in total. The molecule has 0 saturated heterocycles. The molecule has 128 valence electrons. The van der Waals surface area contributed by atoms with Crippen molar-refractivity contribution in [3.05, 3.63) is 53.0 Å². The predicted molar refractivity (Wildman–Crippen MR) is 89.8 cm³/mol. The van der Waals surface area contributed by atoms with E-state index < -0.39 is 11.8 Å². The standard InChI is InChI=1S/C18H22N2O4/c1-11(2)15-6-5-14(9-12(15)3)24-10-17(21)19-20-18(22)16-7-8-23-13(16)4/h5-9,11H,10H2,1-4H3,(H,19,21)(H,20,22). The molecule has 0 aliphatic rings. The molecule has 0 atom stereocenters. The largest absolute Gasteiger partial charge is 0.484 e. The van der Waals surface area contributed by atoms with E-state index in [1.807, 2.05) is 25.1 Å². The van der Waals surface area contributed by atoms with Crippen molar-refractivity contribution in [2.75, 3.05) is 6.61 Å². The van der Waals surface area contributed by atoms with Crippen LogP contribution in [0, 0.1) is 13.8 Å². The zero-order valence-corrected chi connectivity index (χ0v) is 14.3. The van der Waals surface area contributed by atoms with Crippen LogP contribution in [0.25, 0.3) is 0 Å². The molecule has 0 unspecified atom stereocenters. The molecule has 2 aromatic rings. The topological polar surface area (TPSA) is 80.6 Å². The van der Waals surface area contributed by atoms with Crippen molar-refractivity contribution in [1.82, 2.24) is 10.9 Å². The van der Waals surface area contributed by atoms with Crippen LogP contribution in [0.15, 0.2) is 34.9 Å². The van der Waals surface area contributed by atoms with Gasteiger partial charge in [-0.05, 0) is 49.1 Å². The van der Waals surface area contributed by atoms with Gasteiger partial charge < -0.3 is 9.15 Å². The molecular weight excluding hydrogens is 308 g/mol. The van der Waals surface area contributed by atoms with Gasteiger partial charge in [0.2, 0.25) is 0 Å². The van der Waals surface area contributed by atoms with Gasteiger partial charge in [0.05, 0.1) is 11.8 Å². The Morgan fingerprint density at radius 3 is 2.50 bits per heavy atom. The van der Waals surface area contributed by atoms with Crippen LogP contribution in [0.3, 0.4) is 0 Å². The van der Waals surface area contributed by atoms with Crippen molar-refractivity contribution < 1.29 is 18.7 Å². The Hall–Kier alpha value is -2.76. The highest BCUT2D eigenvalue weighted by Crippen LogP contribution is 2.23. The number of hydrogen-bond acceptors (Lipinski definition) is 4. The molecule has 0 saturated carbocycles. The van der Waals surface area contributed by atoms with Gasteiger partial charge in [0.15, 0.2) is 6.61 Å². The van der Waals surface area contributed by atoms with Crippen molar-refractivity contribution in [2.24, 2.45) is 0 Å². The summed E-state index contributed by atoms with van der Waals surface area (Å²) in [7, 11) is 0. The second kappa shape index (κ2) is 7.68. The molecule has 6 heteroatoms. The average Bonchev–Trinajstić information content (AvgIpc) is 2.96. The number of hydrogen-bond donors (Lipinski definition) is 2. The SMILES string of the molecule is Cc1cc(OCC(=O)NNC(=O)c2ccoc2C)ccc1C(C)C. The fraction of sp³-hybridized carbons (Fsp3) is 0.333. The third kappa shape index (κ3) is 4.38. The van der Waals surface area contributed by atoms with E-state index in [1.54, 1.807) is 6.92 Å². The summed E-state index contributed by atoms with van der Waals surface area (Å²) in [6, 6.07) is 7.27. The van der Waals surface area contributed by atoms with E-state index >= 15 is 0 Å². The minimum atomic E-state index is -0.449. The number of rotatable bonds is 5. The van der Waals surface area contributed by atoms with Gasteiger partial charge in [-0.15, -0.1) is 0 Å². The molecule has 6 nitrogen and oxygen atoms in total. The lowest BCUT2D eigenvalue weighted by atomic mass is 9.98. The number of hydrazine groups is 1. The molecule has 0 fully saturated rings. The van der Waals surface area contributed by atoms with Crippen LogP contribution in [0.5, 0.6) is 5.75 Å². The normalized spacial score (nSPS) is 10.5. The molecule has 24 heavy (non-hydrogen) atoms. The lowest BCUT2D eigenvalue weighted by Gasteiger charge is -2.12. The predicted octanol–water partition coefficient (Wildman–Crippen LogP) is 2.86. The van der Waals surface area contributed by atoms with E-state index in [4.69, 9.17) is 9.15 Å². The van der Waals surface area contributed by atoms with Crippen molar-refractivity contribution in [1.29, 1.82) is 0 Å². The van der Waals surface area contributed by atoms with Crippen LogP contribution in [-0.2, 0) is 4.79 Å². The van der Waals surface area contributed by atoms with Crippen molar-refractivity contribution >= 4 is 11.8 Å². The number of aryl methyl sites for hydroxylation is 2. The first kappa shape index (κ1) is 17.6. The Balaban J connectivity index is 1.82. The fourth-order valence-electron chi connectivity index (χ4n) is 2.39. The molecule has 0 aliphatic heterocycles. The molecule has 2 rings (SSSR count). The lowest BCUT2D eigenvalue weighted by Crippen LogP contribution is -2.43. The lowest BCUT2D eigenvalue weighted by molar-refractivity contribution is -0.123. The maximum absolute atomic E-state index is 11.8. The highest BCUT2D eigenvalue weighted by Gasteiger charge is 2.12. The van der Waals surface area contributed by atoms with E-state index in [2.05, 4.69) is 24.7 Å². The van der Waals surface area contributed by atoms with Crippen molar-refractivity contribution in [3.63, 3.8) is 0 Å². The zero-order chi connectivity index (χ0) is 17.7. The van der Waals surface area contributed by atoms with Gasteiger partial charge in [0, 0.05) is 0 Å². The Morgan fingerprint density at radius 2 is 1.92 bits per heavy atom. The smallest absolute Gasteiger partial charge is 0.276 e. The first-order chi connectivity index (χ1) is 11.4. The van der Waals surface area contributed by atoms with Gasteiger partial charge in [0.25, 0.3) is 11.8 Å². The first-order valence-electron chi connectivity index (χ1n) is 7.75. The number of nitrogens with one attached hydrogen (secondary N) is 2. The molecule has 1 heterocycles. The molecule has 0 radical (unpaired) electrons. The van der Waals surface area contributed by atoms with Crippen LogP contribution in [0.4, 0.5) is 0 Å². The van der Waals surface area contributed by atoms with Crippen molar-refractivity contribution in [3.8, 4) is 5.75 Å². The minimum absolute atomic E-state index is 0.189. The van der Waals surface area contributed by atoms with Gasteiger partial charge in [-0.1, -0.05) is 19.9 Å². The maximum Gasteiger partial charge on any atom is 0.276 e. The summed E-state index contributed by atoms with van der Waals surface area (Å²) in [5.74, 6) is 0.647.